The molecule has 2 rings (SSSR count). The standard InChI is InChI=1S/C12H16N2/c1-9(5-7-13)10-3-2-4-12-11(10)6-8-14-12/h2-4,6,8-9,14H,5,7,13H2,1H3. The first-order valence-electron chi connectivity index (χ1n) is 5.09. The summed E-state index contributed by atoms with van der Waals surface area (Å²) >= 11 is 0. The lowest BCUT2D eigenvalue weighted by molar-refractivity contribution is 0.695. The summed E-state index contributed by atoms with van der Waals surface area (Å²) in [6, 6.07) is 8.53. The number of aromatic nitrogens is 1. The first-order valence-corrected chi connectivity index (χ1v) is 5.09. The minimum absolute atomic E-state index is 0.541. The first-order chi connectivity index (χ1) is 6.83. The molecule has 0 aliphatic carbocycles. The zero-order valence-corrected chi connectivity index (χ0v) is 8.46. The topological polar surface area (TPSA) is 41.8 Å². The Kier molecular flexibility index (Phi) is 2.55. The molecule has 2 nitrogen and oxygen atoms in total. The Balaban J connectivity index is 2.45. The quantitative estimate of drug-likeness (QED) is 0.763. The highest BCUT2D eigenvalue weighted by atomic mass is 14.7. The van der Waals surface area contributed by atoms with E-state index in [1.165, 1.54) is 16.5 Å². The SMILES string of the molecule is CC(CCN)c1cccc2[nH]ccc12. The molecule has 0 radical (unpaired) electrons. The maximum atomic E-state index is 5.58. The van der Waals surface area contributed by atoms with Crippen LogP contribution in [0, 0.1) is 0 Å². The first kappa shape index (κ1) is 9.28. The average Bonchev–Trinajstić information content (AvgIpc) is 2.65. The maximum absolute atomic E-state index is 5.58. The molecule has 74 valence electrons. The summed E-state index contributed by atoms with van der Waals surface area (Å²) in [4.78, 5) is 3.23. The molecule has 0 fully saturated rings. The molecule has 1 aromatic carbocycles. The van der Waals surface area contributed by atoms with Gasteiger partial charge in [-0.25, -0.2) is 0 Å². The minimum Gasteiger partial charge on any atom is -0.361 e. The van der Waals surface area contributed by atoms with Gasteiger partial charge < -0.3 is 10.7 Å². The molecule has 0 saturated heterocycles. The second-order valence-electron chi connectivity index (χ2n) is 3.76. The average molecular weight is 188 g/mol. The molecular formula is C12H16N2. The van der Waals surface area contributed by atoms with Crippen LogP contribution in [0.1, 0.15) is 24.8 Å². The van der Waals surface area contributed by atoms with Gasteiger partial charge in [-0.05, 0) is 36.6 Å². The van der Waals surface area contributed by atoms with Crippen molar-refractivity contribution in [1.82, 2.24) is 4.98 Å². The predicted molar refractivity (Wildman–Crippen MR) is 60.4 cm³/mol. The van der Waals surface area contributed by atoms with Crippen molar-refractivity contribution >= 4 is 10.9 Å². The molecule has 1 aromatic heterocycles. The summed E-state index contributed by atoms with van der Waals surface area (Å²) in [5.74, 6) is 0.541. The molecule has 0 bridgehead atoms. The van der Waals surface area contributed by atoms with Crippen molar-refractivity contribution in [2.24, 2.45) is 5.73 Å². The van der Waals surface area contributed by atoms with E-state index in [0.717, 1.165) is 13.0 Å². The van der Waals surface area contributed by atoms with Crippen LogP contribution in [0.5, 0.6) is 0 Å². The van der Waals surface area contributed by atoms with E-state index in [2.05, 4.69) is 36.2 Å². The van der Waals surface area contributed by atoms with Crippen LogP contribution in [0.25, 0.3) is 10.9 Å². The Morgan fingerprint density at radius 3 is 3.00 bits per heavy atom. The number of nitrogens with one attached hydrogen (secondary N) is 1. The van der Waals surface area contributed by atoms with Crippen molar-refractivity contribution in [1.29, 1.82) is 0 Å². The van der Waals surface area contributed by atoms with Crippen molar-refractivity contribution in [2.45, 2.75) is 19.3 Å². The van der Waals surface area contributed by atoms with Gasteiger partial charge in [0.15, 0.2) is 0 Å². The number of nitrogens with two attached hydrogens (primary N) is 1. The van der Waals surface area contributed by atoms with Crippen LogP contribution in [0.3, 0.4) is 0 Å². The molecule has 2 heteroatoms. The Morgan fingerprint density at radius 2 is 2.21 bits per heavy atom. The molecular weight excluding hydrogens is 172 g/mol. The van der Waals surface area contributed by atoms with Crippen molar-refractivity contribution in [2.75, 3.05) is 6.54 Å². The number of H-pyrrole nitrogens is 1. The van der Waals surface area contributed by atoms with Crippen LogP contribution in [0.15, 0.2) is 30.5 Å². The van der Waals surface area contributed by atoms with Gasteiger partial charge in [-0.2, -0.15) is 0 Å². The lowest BCUT2D eigenvalue weighted by Crippen LogP contribution is -2.04. The normalized spacial score (nSPS) is 13.3. The molecule has 0 saturated carbocycles. The molecule has 1 heterocycles. The third kappa shape index (κ3) is 1.53. The molecule has 0 aliphatic rings. The molecule has 0 amide bonds. The Bertz CT molecular complexity index is 417. The van der Waals surface area contributed by atoms with Gasteiger partial charge in [0.25, 0.3) is 0 Å². The summed E-state index contributed by atoms with van der Waals surface area (Å²) < 4.78 is 0. The van der Waals surface area contributed by atoms with Gasteiger partial charge >= 0.3 is 0 Å². The van der Waals surface area contributed by atoms with E-state index in [0.29, 0.717) is 5.92 Å². The Labute approximate surface area is 84.1 Å². The number of hydrogen-bond acceptors (Lipinski definition) is 1. The number of aromatic amines is 1. The maximum Gasteiger partial charge on any atom is 0.0456 e. The van der Waals surface area contributed by atoms with E-state index in [9.17, 15) is 0 Å². The molecule has 0 spiro atoms. The highest BCUT2D eigenvalue weighted by molar-refractivity contribution is 5.83. The fourth-order valence-electron chi connectivity index (χ4n) is 1.94. The smallest absolute Gasteiger partial charge is 0.0456 e. The molecule has 3 N–H and O–H groups in total. The van der Waals surface area contributed by atoms with Crippen LogP contribution >= 0.6 is 0 Å². The van der Waals surface area contributed by atoms with Gasteiger partial charge in [0.1, 0.15) is 0 Å². The summed E-state index contributed by atoms with van der Waals surface area (Å²) in [6.07, 6.45) is 3.04. The number of benzene rings is 1. The van der Waals surface area contributed by atoms with E-state index in [-0.39, 0.29) is 0 Å². The third-order valence-electron chi connectivity index (χ3n) is 2.76. The highest BCUT2D eigenvalue weighted by Crippen LogP contribution is 2.26. The largest absolute Gasteiger partial charge is 0.361 e. The van der Waals surface area contributed by atoms with E-state index < -0.39 is 0 Å². The lowest BCUT2D eigenvalue weighted by Gasteiger charge is -2.11. The summed E-state index contributed by atoms with van der Waals surface area (Å²) in [5.41, 5.74) is 8.19. The second-order valence-corrected chi connectivity index (χ2v) is 3.76. The van der Waals surface area contributed by atoms with E-state index >= 15 is 0 Å². The van der Waals surface area contributed by atoms with Crippen LogP contribution < -0.4 is 5.73 Å². The van der Waals surface area contributed by atoms with Crippen LogP contribution in [0.4, 0.5) is 0 Å². The fraction of sp³-hybridized carbons (Fsp3) is 0.333. The van der Waals surface area contributed by atoms with Gasteiger partial charge in [-0.1, -0.05) is 19.1 Å². The summed E-state index contributed by atoms with van der Waals surface area (Å²) in [5, 5.41) is 1.33. The zero-order chi connectivity index (χ0) is 9.97. The third-order valence-corrected chi connectivity index (χ3v) is 2.76. The Morgan fingerprint density at radius 1 is 1.36 bits per heavy atom. The number of hydrogen-bond donors (Lipinski definition) is 2. The van der Waals surface area contributed by atoms with Crippen molar-refractivity contribution in [3.8, 4) is 0 Å². The number of rotatable bonds is 3. The zero-order valence-electron chi connectivity index (χ0n) is 8.46. The minimum atomic E-state index is 0.541. The van der Waals surface area contributed by atoms with Gasteiger partial charge in [0, 0.05) is 17.1 Å². The van der Waals surface area contributed by atoms with Gasteiger partial charge in [0.05, 0.1) is 0 Å². The number of fused-ring (bicyclic) bond motifs is 1. The van der Waals surface area contributed by atoms with Gasteiger partial charge in [0.2, 0.25) is 0 Å². The van der Waals surface area contributed by atoms with Gasteiger partial charge in [-0.3, -0.25) is 0 Å². The van der Waals surface area contributed by atoms with Crippen molar-refractivity contribution in [3.05, 3.63) is 36.0 Å². The molecule has 1 atom stereocenters. The molecule has 0 aliphatic heterocycles. The molecule has 1 unspecified atom stereocenters. The molecule has 14 heavy (non-hydrogen) atoms. The van der Waals surface area contributed by atoms with E-state index in [1.54, 1.807) is 0 Å². The van der Waals surface area contributed by atoms with Crippen LogP contribution in [0.2, 0.25) is 0 Å². The van der Waals surface area contributed by atoms with Crippen LogP contribution in [-0.2, 0) is 0 Å². The predicted octanol–water partition coefficient (Wildman–Crippen LogP) is 2.62. The summed E-state index contributed by atoms with van der Waals surface area (Å²) in [6.45, 7) is 2.98. The Hall–Kier alpha value is -1.28. The summed E-state index contributed by atoms with van der Waals surface area (Å²) in [7, 11) is 0. The highest BCUT2D eigenvalue weighted by Gasteiger charge is 2.08. The van der Waals surface area contributed by atoms with Crippen LogP contribution in [-0.4, -0.2) is 11.5 Å². The van der Waals surface area contributed by atoms with Crippen molar-refractivity contribution < 1.29 is 0 Å². The monoisotopic (exact) mass is 188 g/mol. The fourth-order valence-corrected chi connectivity index (χ4v) is 1.94. The van der Waals surface area contributed by atoms with E-state index in [1.807, 2.05) is 6.20 Å². The molecule has 2 aromatic rings. The van der Waals surface area contributed by atoms with Crippen molar-refractivity contribution in [3.63, 3.8) is 0 Å². The lowest BCUT2D eigenvalue weighted by atomic mass is 9.95. The van der Waals surface area contributed by atoms with E-state index in [4.69, 9.17) is 5.73 Å². The van der Waals surface area contributed by atoms with Gasteiger partial charge in [-0.15, -0.1) is 0 Å². The second kappa shape index (κ2) is 3.84.